The molecule has 1 amide bonds. The Hall–Kier alpha value is -5.20. The average molecular weight is 606 g/mol. The van der Waals surface area contributed by atoms with Crippen LogP contribution in [-0.4, -0.2) is 41.3 Å². The summed E-state index contributed by atoms with van der Waals surface area (Å²) in [5.74, 6) is 0.505. The van der Waals surface area contributed by atoms with Crippen LogP contribution in [0.4, 0.5) is 10.8 Å². The van der Waals surface area contributed by atoms with Gasteiger partial charge in [0.1, 0.15) is 0 Å². The van der Waals surface area contributed by atoms with E-state index in [0.717, 1.165) is 33.3 Å². The third-order valence-corrected chi connectivity index (χ3v) is 8.24. The van der Waals surface area contributed by atoms with Crippen molar-refractivity contribution in [2.45, 2.75) is 11.7 Å². The molecular formula is C31H23N7O3S2. The first kappa shape index (κ1) is 27.9. The second-order valence-corrected chi connectivity index (χ2v) is 11.1. The van der Waals surface area contributed by atoms with Gasteiger partial charge in [0.2, 0.25) is 5.91 Å². The van der Waals surface area contributed by atoms with Gasteiger partial charge >= 0.3 is 0 Å². The summed E-state index contributed by atoms with van der Waals surface area (Å²) in [6.45, 7) is 4.37. The van der Waals surface area contributed by atoms with Crippen LogP contribution < -0.4 is 5.32 Å². The summed E-state index contributed by atoms with van der Waals surface area (Å²) in [6, 6.07) is 26.0. The van der Waals surface area contributed by atoms with Gasteiger partial charge in [0, 0.05) is 46.1 Å². The van der Waals surface area contributed by atoms with Crippen LogP contribution in [0.15, 0.2) is 108 Å². The van der Waals surface area contributed by atoms with E-state index in [1.165, 1.54) is 35.2 Å². The predicted molar refractivity (Wildman–Crippen MR) is 170 cm³/mol. The van der Waals surface area contributed by atoms with Crippen molar-refractivity contribution in [3.8, 4) is 33.9 Å². The largest absolute Gasteiger partial charge is 0.301 e. The number of benzene rings is 3. The molecule has 0 saturated carbocycles. The van der Waals surface area contributed by atoms with E-state index in [1.807, 2.05) is 65.2 Å². The van der Waals surface area contributed by atoms with Crippen LogP contribution in [0.2, 0.25) is 0 Å². The van der Waals surface area contributed by atoms with Gasteiger partial charge in [0.15, 0.2) is 16.1 Å². The summed E-state index contributed by atoms with van der Waals surface area (Å²) >= 11 is 2.55. The minimum atomic E-state index is -0.450. The molecular weight excluding hydrogens is 583 g/mol. The summed E-state index contributed by atoms with van der Waals surface area (Å²) in [4.78, 5) is 32.6. The number of amides is 1. The molecule has 0 aliphatic rings. The molecule has 6 rings (SSSR count). The maximum atomic E-state index is 12.8. The number of carbonyl (C=O) groups excluding carboxylic acids is 1. The number of rotatable bonds is 10. The van der Waals surface area contributed by atoms with Crippen LogP contribution in [-0.2, 0) is 11.3 Å². The van der Waals surface area contributed by atoms with Gasteiger partial charge in [-0.1, -0.05) is 66.4 Å². The first-order valence-electron chi connectivity index (χ1n) is 13.1. The summed E-state index contributed by atoms with van der Waals surface area (Å²) in [7, 11) is 0. The molecule has 0 fully saturated rings. The van der Waals surface area contributed by atoms with Gasteiger partial charge in [0.25, 0.3) is 5.69 Å². The molecule has 0 saturated heterocycles. The fourth-order valence-electron chi connectivity index (χ4n) is 4.51. The van der Waals surface area contributed by atoms with Crippen LogP contribution in [0.5, 0.6) is 0 Å². The third-order valence-electron chi connectivity index (χ3n) is 6.51. The Morgan fingerprint density at radius 2 is 1.72 bits per heavy atom. The lowest BCUT2D eigenvalue weighted by Crippen LogP contribution is -2.14. The number of hydrogen-bond acceptors (Lipinski definition) is 9. The quantitative estimate of drug-likeness (QED) is 0.0757. The topological polar surface area (TPSA) is 129 Å². The minimum Gasteiger partial charge on any atom is -0.301 e. The predicted octanol–water partition coefficient (Wildman–Crippen LogP) is 7.11. The summed E-state index contributed by atoms with van der Waals surface area (Å²) in [5.41, 5.74) is 4.90. The van der Waals surface area contributed by atoms with E-state index in [1.54, 1.807) is 23.6 Å². The van der Waals surface area contributed by atoms with Gasteiger partial charge in [-0.15, -0.1) is 28.1 Å². The van der Waals surface area contributed by atoms with Crippen LogP contribution in [0.3, 0.4) is 0 Å². The van der Waals surface area contributed by atoms with Crippen LogP contribution in [0, 0.1) is 10.1 Å². The standard InChI is InChI=1S/C31H23N7O3S2/c1-2-16-37-29(24-17-26(20-8-4-3-5-9-20)32-25-11-7-6-10-23(24)25)35-36-31(37)43-19-28(39)34-30-33-27(18-42-30)21-12-14-22(15-13-21)38(40)41/h2-15,17-18H,1,16,19H2,(H,33,34,39). The summed E-state index contributed by atoms with van der Waals surface area (Å²) in [6.07, 6.45) is 1.77. The molecule has 0 spiro atoms. The number of aromatic nitrogens is 5. The second kappa shape index (κ2) is 12.3. The zero-order valence-corrected chi connectivity index (χ0v) is 24.2. The number of pyridine rings is 1. The second-order valence-electron chi connectivity index (χ2n) is 9.32. The van der Waals surface area contributed by atoms with Crippen molar-refractivity contribution in [3.63, 3.8) is 0 Å². The highest BCUT2D eigenvalue weighted by Gasteiger charge is 2.19. The number of carbonyl (C=O) groups is 1. The molecule has 0 unspecified atom stereocenters. The molecule has 6 aromatic rings. The zero-order chi connectivity index (χ0) is 29.8. The van der Waals surface area contributed by atoms with Crippen LogP contribution >= 0.6 is 23.1 Å². The van der Waals surface area contributed by atoms with Crippen molar-refractivity contribution < 1.29 is 9.72 Å². The van der Waals surface area contributed by atoms with Gasteiger partial charge in [-0.2, -0.15) is 0 Å². The van der Waals surface area contributed by atoms with E-state index in [2.05, 4.69) is 27.1 Å². The zero-order valence-electron chi connectivity index (χ0n) is 22.6. The van der Waals surface area contributed by atoms with Crippen molar-refractivity contribution in [2.24, 2.45) is 0 Å². The molecule has 0 bridgehead atoms. The molecule has 3 aromatic carbocycles. The monoisotopic (exact) mass is 605 g/mol. The highest BCUT2D eigenvalue weighted by Crippen LogP contribution is 2.33. The van der Waals surface area contributed by atoms with Crippen molar-refractivity contribution >= 4 is 50.7 Å². The highest BCUT2D eigenvalue weighted by molar-refractivity contribution is 7.99. The number of nitro groups is 1. The van der Waals surface area contributed by atoms with Gasteiger partial charge in [0.05, 0.1) is 27.6 Å². The molecule has 12 heteroatoms. The van der Waals surface area contributed by atoms with Crippen molar-refractivity contribution in [2.75, 3.05) is 11.1 Å². The Morgan fingerprint density at radius 1 is 0.977 bits per heavy atom. The molecule has 10 nitrogen and oxygen atoms in total. The smallest absolute Gasteiger partial charge is 0.269 e. The maximum absolute atomic E-state index is 12.8. The fraction of sp³-hybridized carbons (Fsp3) is 0.0645. The summed E-state index contributed by atoms with van der Waals surface area (Å²) < 4.78 is 1.94. The third kappa shape index (κ3) is 6.05. The number of hydrogen-bond donors (Lipinski definition) is 1. The molecule has 212 valence electrons. The van der Waals surface area contributed by atoms with Crippen LogP contribution in [0.1, 0.15) is 0 Å². The molecule has 0 aliphatic carbocycles. The molecule has 3 heterocycles. The van der Waals surface area contributed by atoms with Gasteiger partial charge < -0.3 is 5.32 Å². The Kier molecular flexibility index (Phi) is 8.03. The van der Waals surface area contributed by atoms with Crippen molar-refractivity contribution in [1.29, 1.82) is 0 Å². The molecule has 0 radical (unpaired) electrons. The number of para-hydroxylation sites is 1. The van der Waals surface area contributed by atoms with Crippen molar-refractivity contribution in [3.05, 3.63) is 113 Å². The lowest BCUT2D eigenvalue weighted by atomic mass is 10.0. The van der Waals surface area contributed by atoms with Crippen molar-refractivity contribution in [1.82, 2.24) is 24.7 Å². The lowest BCUT2D eigenvalue weighted by molar-refractivity contribution is -0.384. The number of anilines is 1. The number of fused-ring (bicyclic) bond motifs is 1. The van der Waals surface area contributed by atoms with E-state index in [-0.39, 0.29) is 17.3 Å². The van der Waals surface area contributed by atoms with Gasteiger partial charge in [-0.25, -0.2) is 9.97 Å². The SMILES string of the molecule is C=CCn1c(SCC(=O)Nc2nc(-c3ccc([N+](=O)[O-])cc3)cs2)nnc1-c1cc(-c2ccccc2)nc2ccccc12. The molecule has 0 atom stereocenters. The summed E-state index contributed by atoms with van der Waals surface area (Å²) in [5, 5.41) is 26.5. The number of thiazole rings is 1. The Bertz CT molecular complexity index is 1950. The molecule has 1 N–H and O–H groups in total. The lowest BCUT2D eigenvalue weighted by Gasteiger charge is -2.12. The number of non-ortho nitro benzene ring substituents is 1. The number of thioether (sulfide) groups is 1. The van der Waals surface area contributed by atoms with E-state index in [9.17, 15) is 14.9 Å². The van der Waals surface area contributed by atoms with Crippen LogP contribution in [0.25, 0.3) is 44.8 Å². The van der Waals surface area contributed by atoms with E-state index >= 15 is 0 Å². The van der Waals surface area contributed by atoms with E-state index < -0.39 is 4.92 Å². The number of allylic oxidation sites excluding steroid dienone is 1. The number of nitro benzene ring substituents is 1. The Morgan fingerprint density at radius 3 is 2.49 bits per heavy atom. The van der Waals surface area contributed by atoms with Gasteiger partial charge in [-0.3, -0.25) is 19.5 Å². The highest BCUT2D eigenvalue weighted by atomic mass is 32.2. The Labute approximate surface area is 254 Å². The van der Waals surface area contributed by atoms with E-state index in [0.29, 0.717) is 28.4 Å². The number of nitrogens with zero attached hydrogens (tertiary/aromatic N) is 6. The molecule has 3 aromatic heterocycles. The Balaban J connectivity index is 1.22. The maximum Gasteiger partial charge on any atom is 0.269 e. The van der Waals surface area contributed by atoms with E-state index in [4.69, 9.17) is 4.98 Å². The minimum absolute atomic E-state index is 0.00532. The number of nitrogens with one attached hydrogen (secondary N) is 1. The normalized spacial score (nSPS) is 11.0. The average Bonchev–Trinajstić information content (AvgIpc) is 3.67. The first-order valence-corrected chi connectivity index (χ1v) is 15.0. The fourth-order valence-corrected chi connectivity index (χ4v) is 5.99. The van der Waals surface area contributed by atoms with Gasteiger partial charge in [-0.05, 0) is 24.3 Å². The molecule has 43 heavy (non-hydrogen) atoms. The first-order chi connectivity index (χ1) is 21.0. The molecule has 0 aliphatic heterocycles.